The molecule has 6 heteroatoms. The molecule has 0 saturated carbocycles. The maximum Gasteiger partial charge on any atom is 0.308 e. The maximum absolute atomic E-state index is 12.3. The highest BCUT2D eigenvalue weighted by molar-refractivity contribution is 5.93. The van der Waals surface area contributed by atoms with Crippen LogP contribution in [0.15, 0.2) is 41.0 Å². The second-order valence-electron chi connectivity index (χ2n) is 4.98. The molecule has 108 valence electrons. The molecule has 1 aliphatic heterocycles. The third-order valence-corrected chi connectivity index (χ3v) is 3.57. The second-order valence-corrected chi connectivity index (χ2v) is 4.98. The molecule has 6 nitrogen and oxygen atoms in total. The summed E-state index contributed by atoms with van der Waals surface area (Å²) in [5, 5.41) is 8.96. The molecule has 1 N–H and O–H groups in total. The van der Waals surface area contributed by atoms with Gasteiger partial charge in [-0.1, -0.05) is 18.2 Å². The van der Waals surface area contributed by atoms with E-state index in [-0.39, 0.29) is 18.1 Å². The lowest BCUT2D eigenvalue weighted by Crippen LogP contribution is -2.30. The third kappa shape index (κ3) is 2.65. The zero-order valence-electron chi connectivity index (χ0n) is 11.2. The van der Waals surface area contributed by atoms with Crippen LogP contribution in [0.1, 0.15) is 16.9 Å². The predicted octanol–water partition coefficient (Wildman–Crippen LogP) is 1.89. The Morgan fingerprint density at radius 3 is 2.71 bits per heavy atom. The molecule has 1 unspecified atom stereocenters. The fourth-order valence-corrected chi connectivity index (χ4v) is 2.39. The molecule has 1 aromatic carbocycles. The van der Waals surface area contributed by atoms with Crippen molar-refractivity contribution in [2.75, 3.05) is 13.1 Å². The minimum Gasteiger partial charge on any atom is -0.481 e. The standard InChI is InChI=1S/C15H14N2O4/c18-14(17-7-6-11(8-17)15(19)20)12-9-21-13(16-12)10-4-2-1-3-5-10/h1-5,9,11H,6-8H2,(H,19,20). The summed E-state index contributed by atoms with van der Waals surface area (Å²) in [6.07, 6.45) is 1.79. The fraction of sp³-hybridized carbons (Fsp3) is 0.267. The number of aromatic nitrogens is 1. The lowest BCUT2D eigenvalue weighted by molar-refractivity contribution is -0.141. The topological polar surface area (TPSA) is 83.6 Å². The third-order valence-electron chi connectivity index (χ3n) is 3.57. The lowest BCUT2D eigenvalue weighted by atomic mass is 10.1. The largest absolute Gasteiger partial charge is 0.481 e. The molecule has 1 amide bonds. The molecule has 3 rings (SSSR count). The number of hydrogen-bond donors (Lipinski definition) is 1. The number of carbonyl (C=O) groups is 2. The Labute approximate surface area is 121 Å². The number of hydrogen-bond acceptors (Lipinski definition) is 4. The van der Waals surface area contributed by atoms with Crippen LogP contribution in [0.4, 0.5) is 0 Å². The molecule has 2 aromatic rings. The highest BCUT2D eigenvalue weighted by atomic mass is 16.4. The Bertz CT molecular complexity index is 665. The summed E-state index contributed by atoms with van der Waals surface area (Å²) in [5.41, 5.74) is 1.00. The summed E-state index contributed by atoms with van der Waals surface area (Å²) < 4.78 is 5.33. The number of carboxylic acids is 1. The lowest BCUT2D eigenvalue weighted by Gasteiger charge is -2.13. The smallest absolute Gasteiger partial charge is 0.308 e. The van der Waals surface area contributed by atoms with Crippen LogP contribution in [-0.2, 0) is 4.79 Å². The van der Waals surface area contributed by atoms with Gasteiger partial charge in [0, 0.05) is 18.7 Å². The Kier molecular flexibility index (Phi) is 3.43. The van der Waals surface area contributed by atoms with E-state index in [4.69, 9.17) is 9.52 Å². The quantitative estimate of drug-likeness (QED) is 0.931. The van der Waals surface area contributed by atoms with Crippen LogP contribution in [0.2, 0.25) is 0 Å². The molecule has 1 aromatic heterocycles. The molecule has 1 atom stereocenters. The van der Waals surface area contributed by atoms with E-state index >= 15 is 0 Å². The van der Waals surface area contributed by atoms with Crippen LogP contribution in [-0.4, -0.2) is 40.0 Å². The Morgan fingerprint density at radius 1 is 1.29 bits per heavy atom. The highest BCUT2D eigenvalue weighted by Crippen LogP contribution is 2.21. The number of likely N-dealkylation sites (tertiary alicyclic amines) is 1. The zero-order chi connectivity index (χ0) is 14.8. The van der Waals surface area contributed by atoms with Crippen LogP contribution in [0, 0.1) is 5.92 Å². The molecule has 1 fully saturated rings. The molecule has 0 bridgehead atoms. The monoisotopic (exact) mass is 286 g/mol. The van der Waals surface area contributed by atoms with Crippen LogP contribution < -0.4 is 0 Å². The molecule has 21 heavy (non-hydrogen) atoms. The van der Waals surface area contributed by atoms with Gasteiger partial charge in [0.2, 0.25) is 5.89 Å². The number of benzene rings is 1. The van der Waals surface area contributed by atoms with Crippen LogP contribution in [0.3, 0.4) is 0 Å². The van der Waals surface area contributed by atoms with Crippen molar-refractivity contribution in [1.82, 2.24) is 9.88 Å². The summed E-state index contributed by atoms with van der Waals surface area (Å²) in [4.78, 5) is 28.9. The van der Waals surface area contributed by atoms with Crippen molar-refractivity contribution < 1.29 is 19.1 Å². The van der Waals surface area contributed by atoms with Crippen molar-refractivity contribution in [2.24, 2.45) is 5.92 Å². The van der Waals surface area contributed by atoms with Gasteiger partial charge >= 0.3 is 5.97 Å². The minimum atomic E-state index is -0.865. The first-order chi connectivity index (χ1) is 10.1. The highest BCUT2D eigenvalue weighted by Gasteiger charge is 2.32. The van der Waals surface area contributed by atoms with Crippen molar-refractivity contribution >= 4 is 11.9 Å². The first-order valence-corrected chi connectivity index (χ1v) is 6.68. The Morgan fingerprint density at radius 2 is 2.05 bits per heavy atom. The average molecular weight is 286 g/mol. The van der Waals surface area contributed by atoms with Crippen molar-refractivity contribution in [3.63, 3.8) is 0 Å². The van der Waals surface area contributed by atoms with E-state index in [1.807, 2.05) is 30.3 Å². The average Bonchev–Trinajstić information content (AvgIpc) is 3.17. The minimum absolute atomic E-state index is 0.208. The van der Waals surface area contributed by atoms with Gasteiger partial charge in [0.1, 0.15) is 6.26 Å². The summed E-state index contributed by atoms with van der Waals surface area (Å²) in [6, 6.07) is 9.29. The number of carbonyl (C=O) groups excluding carboxylic acids is 1. The summed E-state index contributed by atoms with van der Waals surface area (Å²) >= 11 is 0. The van der Waals surface area contributed by atoms with Crippen molar-refractivity contribution in [1.29, 1.82) is 0 Å². The summed E-state index contributed by atoms with van der Waals surface area (Å²) in [5.74, 6) is -1.26. The van der Waals surface area contributed by atoms with Crippen molar-refractivity contribution in [2.45, 2.75) is 6.42 Å². The second kappa shape index (κ2) is 5.40. The number of nitrogens with zero attached hydrogens (tertiary/aromatic N) is 2. The van der Waals surface area contributed by atoms with E-state index in [9.17, 15) is 9.59 Å². The molecule has 2 heterocycles. The van der Waals surface area contributed by atoms with E-state index < -0.39 is 11.9 Å². The van der Waals surface area contributed by atoms with Gasteiger partial charge in [-0.15, -0.1) is 0 Å². The van der Waals surface area contributed by atoms with E-state index in [0.717, 1.165) is 5.56 Å². The summed E-state index contributed by atoms with van der Waals surface area (Å²) in [7, 11) is 0. The molecular formula is C15H14N2O4. The van der Waals surface area contributed by atoms with Crippen LogP contribution >= 0.6 is 0 Å². The number of oxazole rings is 1. The molecule has 1 aliphatic rings. The van der Waals surface area contributed by atoms with Crippen molar-refractivity contribution in [3.8, 4) is 11.5 Å². The maximum atomic E-state index is 12.3. The van der Waals surface area contributed by atoms with Gasteiger partial charge in [-0.05, 0) is 18.6 Å². The van der Waals surface area contributed by atoms with Crippen LogP contribution in [0.5, 0.6) is 0 Å². The van der Waals surface area contributed by atoms with Crippen LogP contribution in [0.25, 0.3) is 11.5 Å². The SMILES string of the molecule is O=C(O)C1CCN(C(=O)c2coc(-c3ccccc3)n2)C1. The fourth-order valence-electron chi connectivity index (χ4n) is 2.39. The first kappa shape index (κ1) is 13.4. The molecule has 1 saturated heterocycles. The predicted molar refractivity (Wildman–Crippen MR) is 73.6 cm³/mol. The normalized spacial score (nSPS) is 17.9. The molecule has 0 aliphatic carbocycles. The van der Waals surface area contributed by atoms with Gasteiger partial charge < -0.3 is 14.4 Å². The van der Waals surface area contributed by atoms with E-state index in [1.165, 1.54) is 11.2 Å². The first-order valence-electron chi connectivity index (χ1n) is 6.68. The van der Waals surface area contributed by atoms with Gasteiger partial charge in [0.15, 0.2) is 5.69 Å². The van der Waals surface area contributed by atoms with Gasteiger partial charge in [-0.25, -0.2) is 4.98 Å². The van der Waals surface area contributed by atoms with Gasteiger partial charge in [-0.3, -0.25) is 9.59 Å². The molecule has 0 spiro atoms. The number of amides is 1. The Balaban J connectivity index is 1.75. The summed E-state index contributed by atoms with van der Waals surface area (Å²) in [6.45, 7) is 0.658. The van der Waals surface area contributed by atoms with E-state index in [2.05, 4.69) is 4.98 Å². The Hall–Kier alpha value is -2.63. The molecular weight excluding hydrogens is 272 g/mol. The number of rotatable bonds is 3. The molecule has 0 radical (unpaired) electrons. The van der Waals surface area contributed by atoms with Gasteiger partial charge in [-0.2, -0.15) is 0 Å². The number of carboxylic acid groups (broad SMARTS) is 1. The van der Waals surface area contributed by atoms with E-state index in [0.29, 0.717) is 18.9 Å². The zero-order valence-corrected chi connectivity index (χ0v) is 11.2. The van der Waals surface area contributed by atoms with Crippen molar-refractivity contribution in [3.05, 3.63) is 42.3 Å². The van der Waals surface area contributed by atoms with Gasteiger partial charge in [0.25, 0.3) is 5.91 Å². The van der Waals surface area contributed by atoms with Gasteiger partial charge in [0.05, 0.1) is 5.92 Å². The van der Waals surface area contributed by atoms with E-state index in [1.54, 1.807) is 0 Å². The number of aliphatic carboxylic acids is 1.